The Bertz CT molecular complexity index is 551. The van der Waals surface area contributed by atoms with E-state index in [0.717, 1.165) is 11.4 Å². The number of benzene rings is 1. The second-order valence-corrected chi connectivity index (χ2v) is 4.63. The summed E-state index contributed by atoms with van der Waals surface area (Å²) in [6.07, 6.45) is -0.222. The van der Waals surface area contributed by atoms with Gasteiger partial charge in [0, 0.05) is 5.92 Å². The van der Waals surface area contributed by atoms with E-state index in [4.69, 9.17) is 9.26 Å². The molecule has 0 saturated carbocycles. The minimum Gasteiger partial charge on any atom is -0.477 e. The maximum Gasteiger partial charge on any atom is 0.269 e. The maximum atomic E-state index is 5.85. The lowest BCUT2D eigenvalue weighted by atomic mass is 10.2. The number of fused-ring (bicyclic) bond motifs is 1. The average molecular weight is 245 g/mol. The summed E-state index contributed by atoms with van der Waals surface area (Å²) in [5.41, 5.74) is 0.998. The maximum absolute atomic E-state index is 5.85. The highest BCUT2D eigenvalue weighted by atomic mass is 16.5. The Kier molecular flexibility index (Phi) is 2.66. The summed E-state index contributed by atoms with van der Waals surface area (Å²) in [4.78, 5) is 4.36. The van der Waals surface area contributed by atoms with Gasteiger partial charge in [0.05, 0.1) is 12.2 Å². The van der Waals surface area contributed by atoms with Crippen molar-refractivity contribution in [2.75, 3.05) is 11.9 Å². The Labute approximate surface area is 105 Å². The summed E-state index contributed by atoms with van der Waals surface area (Å²) in [7, 11) is 0. The smallest absolute Gasteiger partial charge is 0.269 e. The van der Waals surface area contributed by atoms with Crippen LogP contribution in [0.4, 0.5) is 5.69 Å². The molecule has 18 heavy (non-hydrogen) atoms. The molecule has 5 nitrogen and oxygen atoms in total. The van der Waals surface area contributed by atoms with Gasteiger partial charge in [0.2, 0.25) is 0 Å². The summed E-state index contributed by atoms with van der Waals surface area (Å²) in [5.74, 6) is 2.32. The van der Waals surface area contributed by atoms with Crippen molar-refractivity contribution in [2.45, 2.75) is 25.9 Å². The molecule has 1 atom stereocenters. The normalized spacial score (nSPS) is 18.1. The zero-order valence-corrected chi connectivity index (χ0v) is 10.4. The highest BCUT2D eigenvalue weighted by Gasteiger charge is 2.26. The number of para-hydroxylation sites is 2. The van der Waals surface area contributed by atoms with E-state index >= 15 is 0 Å². The zero-order chi connectivity index (χ0) is 12.5. The molecule has 0 bridgehead atoms. The van der Waals surface area contributed by atoms with Crippen molar-refractivity contribution in [1.29, 1.82) is 0 Å². The number of nitrogens with one attached hydrogen (secondary N) is 1. The Morgan fingerprint density at radius 2 is 2.17 bits per heavy atom. The van der Waals surface area contributed by atoms with Crippen molar-refractivity contribution in [1.82, 2.24) is 10.1 Å². The molecule has 2 aromatic rings. The third-order valence-electron chi connectivity index (χ3n) is 2.88. The van der Waals surface area contributed by atoms with Gasteiger partial charge < -0.3 is 14.6 Å². The first-order valence-corrected chi connectivity index (χ1v) is 6.07. The van der Waals surface area contributed by atoms with Crippen LogP contribution in [0.5, 0.6) is 5.75 Å². The molecule has 5 heteroatoms. The lowest BCUT2D eigenvalue weighted by molar-refractivity contribution is 0.162. The molecule has 1 aromatic carbocycles. The molecule has 3 rings (SSSR count). The number of nitrogens with zero attached hydrogens (tertiary/aromatic N) is 2. The van der Waals surface area contributed by atoms with Crippen LogP contribution in [-0.2, 0) is 0 Å². The molecular weight excluding hydrogens is 230 g/mol. The van der Waals surface area contributed by atoms with Crippen molar-refractivity contribution in [3.05, 3.63) is 36.0 Å². The lowest BCUT2D eigenvalue weighted by Gasteiger charge is -2.24. The summed E-state index contributed by atoms with van der Waals surface area (Å²) in [6, 6.07) is 7.82. The SMILES string of the molecule is CC(C)c1noc(C2CNc3ccccc3O2)n1. The van der Waals surface area contributed by atoms with E-state index in [1.54, 1.807) is 0 Å². The van der Waals surface area contributed by atoms with Gasteiger partial charge in [-0.3, -0.25) is 0 Å². The number of anilines is 1. The molecule has 94 valence electrons. The molecule has 0 radical (unpaired) electrons. The Morgan fingerprint density at radius 1 is 1.33 bits per heavy atom. The summed E-state index contributed by atoms with van der Waals surface area (Å²) in [6.45, 7) is 4.70. The van der Waals surface area contributed by atoms with Gasteiger partial charge in [-0.05, 0) is 12.1 Å². The lowest BCUT2D eigenvalue weighted by Crippen LogP contribution is -2.23. The molecule has 0 amide bonds. The predicted molar refractivity (Wildman–Crippen MR) is 66.7 cm³/mol. The highest BCUT2D eigenvalue weighted by Crippen LogP contribution is 2.33. The molecular formula is C13H15N3O2. The molecule has 1 aliphatic rings. The average Bonchev–Trinajstić information content (AvgIpc) is 2.88. The first-order chi connectivity index (χ1) is 8.74. The molecule has 2 heterocycles. The standard InChI is InChI=1S/C13H15N3O2/c1-8(2)12-15-13(18-16-12)11-7-14-9-5-3-4-6-10(9)17-11/h3-6,8,11,14H,7H2,1-2H3. The number of aromatic nitrogens is 2. The van der Waals surface area contributed by atoms with Crippen LogP contribution in [0, 0.1) is 0 Å². The summed E-state index contributed by atoms with van der Waals surface area (Å²) >= 11 is 0. The molecule has 1 aromatic heterocycles. The van der Waals surface area contributed by atoms with Gasteiger partial charge in [-0.2, -0.15) is 4.98 Å². The zero-order valence-electron chi connectivity index (χ0n) is 10.4. The van der Waals surface area contributed by atoms with E-state index < -0.39 is 0 Å². The second kappa shape index (κ2) is 4.33. The van der Waals surface area contributed by atoms with Crippen LogP contribution in [-0.4, -0.2) is 16.7 Å². The van der Waals surface area contributed by atoms with E-state index in [1.807, 2.05) is 38.1 Å². The third-order valence-corrected chi connectivity index (χ3v) is 2.88. The quantitative estimate of drug-likeness (QED) is 0.881. The fraction of sp³-hybridized carbons (Fsp3) is 0.385. The van der Waals surface area contributed by atoms with Gasteiger partial charge in [-0.25, -0.2) is 0 Å². The van der Waals surface area contributed by atoms with Gasteiger partial charge in [-0.1, -0.05) is 31.1 Å². The molecule has 1 unspecified atom stereocenters. The number of rotatable bonds is 2. The Morgan fingerprint density at radius 3 is 2.94 bits per heavy atom. The van der Waals surface area contributed by atoms with Crippen molar-refractivity contribution in [3.8, 4) is 5.75 Å². The van der Waals surface area contributed by atoms with Crippen LogP contribution < -0.4 is 10.1 Å². The van der Waals surface area contributed by atoms with Crippen LogP contribution in [0.2, 0.25) is 0 Å². The highest BCUT2D eigenvalue weighted by molar-refractivity contribution is 5.57. The largest absolute Gasteiger partial charge is 0.477 e. The van der Waals surface area contributed by atoms with E-state index in [1.165, 1.54) is 0 Å². The van der Waals surface area contributed by atoms with Gasteiger partial charge in [0.15, 0.2) is 11.9 Å². The molecule has 1 N–H and O–H groups in total. The van der Waals surface area contributed by atoms with Crippen molar-refractivity contribution >= 4 is 5.69 Å². The summed E-state index contributed by atoms with van der Waals surface area (Å²) in [5, 5.41) is 7.25. The van der Waals surface area contributed by atoms with Crippen LogP contribution in [0.1, 0.15) is 37.6 Å². The van der Waals surface area contributed by atoms with E-state index in [9.17, 15) is 0 Å². The molecule has 0 aliphatic carbocycles. The van der Waals surface area contributed by atoms with Crippen LogP contribution in [0.15, 0.2) is 28.8 Å². The molecule has 1 aliphatic heterocycles. The van der Waals surface area contributed by atoms with Crippen LogP contribution >= 0.6 is 0 Å². The van der Waals surface area contributed by atoms with Crippen LogP contribution in [0.25, 0.3) is 0 Å². The first kappa shape index (κ1) is 11.1. The predicted octanol–water partition coefficient (Wildman–Crippen LogP) is 2.74. The van der Waals surface area contributed by atoms with Gasteiger partial charge in [0.25, 0.3) is 5.89 Å². The topological polar surface area (TPSA) is 60.2 Å². The molecule has 0 spiro atoms. The summed E-state index contributed by atoms with van der Waals surface area (Å²) < 4.78 is 11.1. The van der Waals surface area contributed by atoms with E-state index in [-0.39, 0.29) is 12.0 Å². The Hall–Kier alpha value is -2.04. The van der Waals surface area contributed by atoms with Gasteiger partial charge in [0.1, 0.15) is 5.75 Å². The number of hydrogen-bond donors (Lipinski definition) is 1. The van der Waals surface area contributed by atoms with E-state index in [2.05, 4.69) is 15.5 Å². The van der Waals surface area contributed by atoms with E-state index in [0.29, 0.717) is 18.3 Å². The monoisotopic (exact) mass is 245 g/mol. The minimum absolute atomic E-state index is 0.222. The number of ether oxygens (including phenoxy) is 1. The van der Waals surface area contributed by atoms with Gasteiger partial charge >= 0.3 is 0 Å². The second-order valence-electron chi connectivity index (χ2n) is 4.63. The van der Waals surface area contributed by atoms with Crippen LogP contribution in [0.3, 0.4) is 0 Å². The van der Waals surface area contributed by atoms with Crippen molar-refractivity contribution in [3.63, 3.8) is 0 Å². The fourth-order valence-corrected chi connectivity index (χ4v) is 1.86. The minimum atomic E-state index is -0.222. The first-order valence-electron chi connectivity index (χ1n) is 6.07. The third kappa shape index (κ3) is 1.92. The van der Waals surface area contributed by atoms with Crippen molar-refractivity contribution in [2.24, 2.45) is 0 Å². The fourth-order valence-electron chi connectivity index (χ4n) is 1.86. The molecule has 0 saturated heterocycles. The van der Waals surface area contributed by atoms with Crippen molar-refractivity contribution < 1.29 is 9.26 Å². The van der Waals surface area contributed by atoms with Gasteiger partial charge in [-0.15, -0.1) is 0 Å². The Balaban J connectivity index is 1.83. The number of hydrogen-bond acceptors (Lipinski definition) is 5. The molecule has 0 fully saturated rings.